The quantitative estimate of drug-likeness (QED) is 0.0125. The minimum atomic E-state index is -8.81. The third kappa shape index (κ3) is 16.9. The van der Waals surface area contributed by atoms with E-state index in [-0.39, 0.29) is 50.4 Å². The van der Waals surface area contributed by atoms with Crippen molar-refractivity contribution in [3.8, 4) is 0 Å². The molecule has 11 nitrogen and oxygen atoms in total. The first-order chi connectivity index (χ1) is 34.2. The van der Waals surface area contributed by atoms with Gasteiger partial charge in [-0.15, -0.1) is 0 Å². The summed E-state index contributed by atoms with van der Waals surface area (Å²) in [7, 11) is -3.38. The van der Waals surface area contributed by atoms with E-state index in [1.165, 1.54) is 20.8 Å². The van der Waals surface area contributed by atoms with Gasteiger partial charge in [0.05, 0.1) is 35.9 Å². The number of ether oxygens (including phenoxy) is 3. The summed E-state index contributed by atoms with van der Waals surface area (Å²) in [5.74, 6) is -61.7. The lowest BCUT2D eigenvalue weighted by atomic mass is 9.65. The van der Waals surface area contributed by atoms with Crippen LogP contribution in [0.4, 0.5) is 74.6 Å². The second kappa shape index (κ2) is 26.4. The fourth-order valence-electron chi connectivity index (χ4n) is 7.48. The average molecular weight is 1160 g/mol. The topological polar surface area (TPSA) is 125 Å². The van der Waals surface area contributed by atoms with Crippen molar-refractivity contribution in [2.45, 2.75) is 180 Å². The zero-order chi connectivity index (χ0) is 59.4. The molecule has 0 saturated carbocycles. The summed E-state index contributed by atoms with van der Waals surface area (Å²) >= 11 is 0. The molecule has 0 aliphatic rings. The van der Waals surface area contributed by atoms with Gasteiger partial charge in [0.25, 0.3) is 0 Å². The fourth-order valence-corrected chi connectivity index (χ4v) is 10.7. The maximum Gasteiger partial charge on any atom is 0.501 e. The van der Waals surface area contributed by atoms with Crippen LogP contribution in [-0.2, 0) is 51.6 Å². The van der Waals surface area contributed by atoms with Gasteiger partial charge in [-0.2, -0.15) is 74.6 Å². The SMILES string of the molecule is CCC(C)(CC(C)(CC(C)(C)C(=O)OCCC(F)(F)C(F)(F)C(F)(F)C(F)(F)C(F)(F)C(F)(F)C(F)(F)C(F)(F)F)C(=O)OCCOOC/C=C/c1ccccc1)C(=O)OCCC[Si](OC(C)C)(OC(C)C)OC(C)C. The highest BCUT2D eigenvalue weighted by Crippen LogP contribution is 2.64. The van der Waals surface area contributed by atoms with E-state index in [0.717, 1.165) is 19.4 Å². The summed E-state index contributed by atoms with van der Waals surface area (Å²) in [4.78, 5) is 51.3. The van der Waals surface area contributed by atoms with E-state index in [0.29, 0.717) is 0 Å². The van der Waals surface area contributed by atoms with E-state index in [1.54, 1.807) is 84.0 Å². The number of hydrogen-bond acceptors (Lipinski definition) is 11. The highest BCUT2D eigenvalue weighted by molar-refractivity contribution is 6.60. The van der Waals surface area contributed by atoms with Gasteiger partial charge in [-0.3, -0.25) is 14.4 Å². The molecular weight excluding hydrogens is 1090 g/mol. The molecule has 2 atom stereocenters. The predicted octanol–water partition coefficient (Wildman–Crippen LogP) is 13.5. The molecule has 1 aromatic rings. The second-order valence-corrected chi connectivity index (χ2v) is 22.3. The maximum absolute atomic E-state index is 14.7. The molecule has 442 valence electrons. The van der Waals surface area contributed by atoms with Crippen molar-refractivity contribution in [3.63, 3.8) is 0 Å². The molecule has 0 amide bonds. The van der Waals surface area contributed by atoms with E-state index in [4.69, 9.17) is 32.5 Å². The van der Waals surface area contributed by atoms with Gasteiger partial charge >= 0.3 is 74.3 Å². The van der Waals surface area contributed by atoms with Crippen molar-refractivity contribution < 1.29 is 126 Å². The Hall–Kier alpha value is -3.80. The van der Waals surface area contributed by atoms with Gasteiger partial charge in [-0.1, -0.05) is 49.4 Å². The van der Waals surface area contributed by atoms with Crippen LogP contribution < -0.4 is 0 Å². The second-order valence-electron chi connectivity index (χ2n) is 19.7. The Morgan fingerprint density at radius 2 is 0.961 bits per heavy atom. The maximum atomic E-state index is 14.7. The number of hydrogen-bond donors (Lipinski definition) is 0. The molecule has 0 saturated heterocycles. The molecule has 0 spiro atoms. The molecule has 0 N–H and O–H groups in total. The molecule has 0 heterocycles. The van der Waals surface area contributed by atoms with Crippen LogP contribution in [0.5, 0.6) is 0 Å². The Morgan fingerprint density at radius 1 is 0.526 bits per heavy atom. The third-order valence-corrected chi connectivity index (χ3v) is 14.7. The van der Waals surface area contributed by atoms with Crippen LogP contribution in [0.15, 0.2) is 36.4 Å². The van der Waals surface area contributed by atoms with Crippen LogP contribution in [0, 0.1) is 16.2 Å². The number of carbonyl (C=O) groups excluding carboxylic acids is 3. The zero-order valence-corrected chi connectivity index (χ0v) is 44.5. The van der Waals surface area contributed by atoms with Crippen LogP contribution in [0.25, 0.3) is 6.08 Å². The first kappa shape index (κ1) is 70.2. The van der Waals surface area contributed by atoms with Crippen molar-refractivity contribution in [2.75, 3.05) is 33.0 Å². The average Bonchev–Trinajstić information content (AvgIpc) is 3.26. The molecule has 0 aliphatic heterocycles. The molecular formula is C47H65F17O11Si. The number of benzene rings is 1. The first-order valence-corrected chi connectivity index (χ1v) is 25.4. The zero-order valence-electron chi connectivity index (χ0n) is 43.5. The largest absolute Gasteiger partial charge is 0.501 e. The summed E-state index contributed by atoms with van der Waals surface area (Å²) in [6.07, 6.45) is -9.87. The van der Waals surface area contributed by atoms with Gasteiger partial charge in [0.15, 0.2) is 0 Å². The van der Waals surface area contributed by atoms with Crippen LogP contribution in [0.3, 0.4) is 0 Å². The summed E-state index contributed by atoms with van der Waals surface area (Å²) in [5.41, 5.74) is -5.03. The fraction of sp³-hybridized carbons (Fsp3) is 0.766. The van der Waals surface area contributed by atoms with Gasteiger partial charge < -0.3 is 27.5 Å². The standard InChI is InChI=1S/C47H65F17O11Si/c1-12-38(10,35(66)68-22-17-27-76(73-30(2)3,74-31(4)5)75-32(6)7)29-39(11,36(67)70-25-26-72-71-23-16-20-33-18-14-13-15-19-33)28-37(8,9)34(65)69-24-21-40(48,49)41(50,51)42(52,53)43(54,55)44(56,57)45(58,59)46(60,61)47(62,63)64/h13-16,18-20,30-32H,12,17,21-29H2,1-11H3/b20-16+. The highest BCUT2D eigenvalue weighted by atomic mass is 28.4. The van der Waals surface area contributed by atoms with E-state index in [1.807, 2.05) is 0 Å². The van der Waals surface area contributed by atoms with Gasteiger partial charge in [-0.05, 0) is 100 Å². The molecule has 0 bridgehead atoms. The number of esters is 3. The highest BCUT2D eigenvalue weighted by Gasteiger charge is 2.95. The molecule has 0 aliphatic carbocycles. The number of carbonyl (C=O) groups is 3. The van der Waals surface area contributed by atoms with Crippen molar-refractivity contribution in [2.24, 2.45) is 16.2 Å². The summed E-state index contributed by atoms with van der Waals surface area (Å²) in [5, 5.41) is 0. The Kier molecular flexibility index (Phi) is 24.4. The predicted molar refractivity (Wildman–Crippen MR) is 239 cm³/mol. The summed E-state index contributed by atoms with van der Waals surface area (Å²) in [6.45, 7) is 13.1. The van der Waals surface area contributed by atoms with Gasteiger partial charge in [-0.25, -0.2) is 9.78 Å². The van der Waals surface area contributed by atoms with Crippen LogP contribution in [0.2, 0.25) is 6.04 Å². The van der Waals surface area contributed by atoms with Crippen molar-refractivity contribution in [1.82, 2.24) is 0 Å². The number of rotatable bonds is 34. The lowest BCUT2D eigenvalue weighted by Crippen LogP contribution is -2.74. The molecule has 0 aromatic heterocycles. The first-order valence-electron chi connectivity index (χ1n) is 23.5. The molecule has 1 rings (SSSR count). The Morgan fingerprint density at radius 3 is 1.42 bits per heavy atom. The lowest BCUT2D eigenvalue weighted by molar-refractivity contribution is -0.461. The molecule has 29 heteroatoms. The van der Waals surface area contributed by atoms with E-state index in [2.05, 4.69) is 4.74 Å². The molecule has 0 fully saturated rings. The number of halogens is 17. The molecule has 0 radical (unpaired) electrons. The number of alkyl halides is 17. The van der Waals surface area contributed by atoms with Crippen LogP contribution in [-0.4, -0.2) is 126 Å². The van der Waals surface area contributed by atoms with Crippen molar-refractivity contribution in [1.29, 1.82) is 0 Å². The van der Waals surface area contributed by atoms with Gasteiger partial charge in [0.1, 0.15) is 19.8 Å². The smallest absolute Gasteiger partial charge is 0.465 e. The Labute approximate surface area is 430 Å². The normalized spacial score (nSPS) is 15.8. The van der Waals surface area contributed by atoms with Gasteiger partial charge in [0.2, 0.25) is 0 Å². The lowest BCUT2D eigenvalue weighted by Gasteiger charge is -2.42. The van der Waals surface area contributed by atoms with E-state index in [9.17, 15) is 89.0 Å². The summed E-state index contributed by atoms with van der Waals surface area (Å²) in [6, 6.07) is 9.16. The van der Waals surface area contributed by atoms with Crippen LogP contribution in [0.1, 0.15) is 114 Å². The Balaban J connectivity index is 3.45. The van der Waals surface area contributed by atoms with E-state index >= 15 is 0 Å². The van der Waals surface area contributed by atoms with Gasteiger partial charge in [0, 0.05) is 24.4 Å². The van der Waals surface area contributed by atoms with Crippen molar-refractivity contribution in [3.05, 3.63) is 42.0 Å². The van der Waals surface area contributed by atoms with E-state index < -0.39 is 130 Å². The molecule has 76 heavy (non-hydrogen) atoms. The molecule has 2 unspecified atom stereocenters. The summed E-state index contributed by atoms with van der Waals surface area (Å²) < 4.78 is 269. The minimum absolute atomic E-state index is 0.0720. The monoisotopic (exact) mass is 1160 g/mol. The Bertz CT molecular complexity index is 2010. The van der Waals surface area contributed by atoms with Crippen molar-refractivity contribution >= 4 is 32.8 Å². The van der Waals surface area contributed by atoms with Crippen LogP contribution >= 0.6 is 0 Å². The third-order valence-electron chi connectivity index (χ3n) is 11.2. The molecule has 1 aromatic carbocycles. The minimum Gasteiger partial charge on any atom is -0.465 e.